The quantitative estimate of drug-likeness (QED) is 0.464. The van der Waals surface area contributed by atoms with Crippen molar-refractivity contribution in [3.05, 3.63) is 62.7 Å². The first-order chi connectivity index (χ1) is 9.54. The van der Waals surface area contributed by atoms with Gasteiger partial charge in [-0.3, -0.25) is 9.59 Å². The largest absolute Gasteiger partial charge is 0.318 e. The van der Waals surface area contributed by atoms with Gasteiger partial charge in [0.25, 0.3) is 0 Å². The molecule has 0 bridgehead atoms. The molecule has 0 radical (unpaired) electrons. The molecule has 20 heavy (non-hydrogen) atoms. The van der Waals surface area contributed by atoms with E-state index in [9.17, 15) is 9.59 Å². The Balaban J connectivity index is 2.34. The predicted molar refractivity (Wildman–Crippen MR) is 88.2 cm³/mol. The van der Waals surface area contributed by atoms with Crippen LogP contribution >= 0.6 is 22.6 Å². The predicted octanol–water partition coefficient (Wildman–Crippen LogP) is 3.42. The lowest BCUT2D eigenvalue weighted by molar-refractivity contribution is -0.107. The van der Waals surface area contributed by atoms with Gasteiger partial charge in [0.15, 0.2) is 5.78 Å². The molecule has 0 aliphatic carbocycles. The van der Waals surface area contributed by atoms with Gasteiger partial charge in [0.1, 0.15) is 0 Å². The topological polar surface area (TPSA) is 37.4 Å². The van der Waals surface area contributed by atoms with E-state index < -0.39 is 0 Å². The van der Waals surface area contributed by atoms with Crippen molar-refractivity contribution in [2.45, 2.75) is 6.92 Å². The maximum absolute atomic E-state index is 12.5. The third-order valence-corrected chi connectivity index (χ3v) is 4.56. The third kappa shape index (κ3) is 2.90. The highest BCUT2D eigenvalue weighted by atomic mass is 127. The lowest BCUT2D eigenvalue weighted by Gasteiger charge is -2.11. The molecule has 102 valence electrons. The highest BCUT2D eigenvalue weighted by Gasteiger charge is 2.13. The van der Waals surface area contributed by atoms with Crippen LogP contribution in [0.5, 0.6) is 0 Å². The monoisotopic (exact) mass is 379 g/mol. The van der Waals surface area contributed by atoms with Crippen LogP contribution in [-0.4, -0.2) is 19.2 Å². The van der Waals surface area contributed by atoms with E-state index >= 15 is 0 Å². The summed E-state index contributed by atoms with van der Waals surface area (Å²) in [6.45, 7) is 1.99. The Hall–Kier alpha value is -1.69. The number of hydrogen-bond donors (Lipinski definition) is 0. The Morgan fingerprint density at radius 1 is 1.15 bits per heavy atom. The maximum atomic E-state index is 12.5. The van der Waals surface area contributed by atoms with E-state index in [2.05, 4.69) is 22.6 Å². The Labute approximate surface area is 131 Å². The zero-order valence-corrected chi connectivity index (χ0v) is 13.4. The number of rotatable bonds is 4. The summed E-state index contributed by atoms with van der Waals surface area (Å²) in [5, 5.41) is 0. The summed E-state index contributed by atoms with van der Waals surface area (Å²) in [5.74, 6) is -0.00148. The number of carbonyl (C=O) groups is 2. The van der Waals surface area contributed by atoms with Crippen LogP contribution in [0, 0.1) is 10.5 Å². The molecule has 0 fully saturated rings. The normalized spacial score (nSPS) is 10.2. The lowest BCUT2D eigenvalue weighted by atomic mass is 10.0. The number of amides is 1. The molecule has 0 saturated heterocycles. The van der Waals surface area contributed by atoms with Crippen molar-refractivity contribution in [1.82, 2.24) is 0 Å². The fraction of sp³-hybridized carbons (Fsp3) is 0.125. The zero-order chi connectivity index (χ0) is 14.7. The second-order valence-corrected chi connectivity index (χ2v) is 5.61. The van der Waals surface area contributed by atoms with Crippen molar-refractivity contribution in [2.75, 3.05) is 11.9 Å². The van der Waals surface area contributed by atoms with E-state index in [0.29, 0.717) is 11.1 Å². The Bertz CT molecular complexity index is 650. The summed E-state index contributed by atoms with van der Waals surface area (Å²) in [4.78, 5) is 24.6. The second-order valence-electron chi connectivity index (χ2n) is 4.53. The molecule has 0 unspecified atom stereocenters. The molecule has 0 saturated carbocycles. The standard InChI is InChI=1S/C16H14INO2/c1-11-4-3-5-14(15(11)17)16(20)12-6-8-13(9-7-12)18(2)10-19/h3-10H,1-2H3. The first-order valence-electron chi connectivity index (χ1n) is 6.12. The molecule has 2 rings (SSSR count). The van der Waals surface area contributed by atoms with E-state index in [1.807, 2.05) is 25.1 Å². The average molecular weight is 379 g/mol. The molecule has 2 aromatic rings. The van der Waals surface area contributed by atoms with Gasteiger partial charge in [-0.25, -0.2) is 0 Å². The summed E-state index contributed by atoms with van der Waals surface area (Å²) in [6.07, 6.45) is 0.736. The zero-order valence-electron chi connectivity index (χ0n) is 11.3. The summed E-state index contributed by atoms with van der Waals surface area (Å²) < 4.78 is 0.976. The highest BCUT2D eigenvalue weighted by Crippen LogP contribution is 2.21. The van der Waals surface area contributed by atoms with Crippen LogP contribution in [0.1, 0.15) is 21.5 Å². The minimum Gasteiger partial charge on any atom is -0.318 e. The van der Waals surface area contributed by atoms with Gasteiger partial charge >= 0.3 is 0 Å². The number of aryl methyl sites for hydroxylation is 1. The fourth-order valence-corrected chi connectivity index (χ4v) is 2.49. The first-order valence-corrected chi connectivity index (χ1v) is 7.20. The van der Waals surface area contributed by atoms with Crippen molar-refractivity contribution in [2.24, 2.45) is 0 Å². The fourth-order valence-electron chi connectivity index (χ4n) is 1.89. The van der Waals surface area contributed by atoms with Crippen LogP contribution in [0.3, 0.4) is 0 Å². The van der Waals surface area contributed by atoms with Crippen molar-refractivity contribution >= 4 is 40.5 Å². The number of nitrogens with zero attached hydrogens (tertiary/aromatic N) is 1. The molecule has 0 aromatic heterocycles. The molecule has 1 amide bonds. The second kappa shape index (κ2) is 6.17. The molecule has 0 spiro atoms. The molecule has 4 heteroatoms. The van der Waals surface area contributed by atoms with Crippen molar-refractivity contribution < 1.29 is 9.59 Å². The SMILES string of the molecule is Cc1cccc(C(=O)c2ccc(N(C)C=O)cc2)c1I. The minimum atomic E-state index is -0.00148. The third-order valence-electron chi connectivity index (χ3n) is 3.13. The minimum absolute atomic E-state index is 0.00148. The smallest absolute Gasteiger partial charge is 0.213 e. The van der Waals surface area contributed by atoms with Gasteiger partial charge in [-0.05, 0) is 65.4 Å². The number of halogens is 1. The first kappa shape index (κ1) is 14.7. The highest BCUT2D eigenvalue weighted by molar-refractivity contribution is 14.1. The van der Waals surface area contributed by atoms with Crippen LogP contribution in [0.2, 0.25) is 0 Å². The summed E-state index contributed by atoms with van der Waals surface area (Å²) in [7, 11) is 1.67. The van der Waals surface area contributed by atoms with Crippen LogP contribution in [0.4, 0.5) is 5.69 Å². The summed E-state index contributed by atoms with van der Waals surface area (Å²) >= 11 is 2.19. The van der Waals surface area contributed by atoms with Crippen LogP contribution in [0.25, 0.3) is 0 Å². The van der Waals surface area contributed by atoms with Gasteiger partial charge in [0.2, 0.25) is 6.41 Å². The Morgan fingerprint density at radius 2 is 1.80 bits per heavy atom. The molecular formula is C16H14INO2. The lowest BCUT2D eigenvalue weighted by Crippen LogP contribution is -2.13. The van der Waals surface area contributed by atoms with Gasteiger partial charge in [-0.1, -0.05) is 12.1 Å². The van der Waals surface area contributed by atoms with Crippen molar-refractivity contribution in [1.29, 1.82) is 0 Å². The number of benzene rings is 2. The summed E-state index contributed by atoms with van der Waals surface area (Å²) in [6, 6.07) is 12.7. The number of anilines is 1. The van der Waals surface area contributed by atoms with Gasteiger partial charge in [-0.15, -0.1) is 0 Å². The molecule has 0 aliphatic heterocycles. The van der Waals surface area contributed by atoms with Crippen LogP contribution in [0.15, 0.2) is 42.5 Å². The van der Waals surface area contributed by atoms with Crippen LogP contribution < -0.4 is 4.90 Å². The van der Waals surface area contributed by atoms with Gasteiger partial charge in [0.05, 0.1) is 0 Å². The average Bonchev–Trinajstić information content (AvgIpc) is 2.48. The van der Waals surface area contributed by atoms with Crippen LogP contribution in [-0.2, 0) is 4.79 Å². The summed E-state index contributed by atoms with van der Waals surface area (Å²) in [5.41, 5.74) is 3.18. The Kier molecular flexibility index (Phi) is 4.54. The Morgan fingerprint density at radius 3 is 2.40 bits per heavy atom. The molecule has 3 nitrogen and oxygen atoms in total. The van der Waals surface area contributed by atoms with Crippen molar-refractivity contribution in [3.8, 4) is 0 Å². The van der Waals surface area contributed by atoms with E-state index in [1.165, 1.54) is 4.90 Å². The van der Waals surface area contributed by atoms with Crippen molar-refractivity contribution in [3.63, 3.8) is 0 Å². The molecule has 0 heterocycles. The number of ketones is 1. The maximum Gasteiger partial charge on any atom is 0.213 e. The van der Waals surface area contributed by atoms with Gasteiger partial charge in [0, 0.05) is 27.4 Å². The van der Waals surface area contributed by atoms with Gasteiger partial charge < -0.3 is 4.90 Å². The van der Waals surface area contributed by atoms with E-state index in [-0.39, 0.29) is 5.78 Å². The van der Waals surface area contributed by atoms with E-state index in [0.717, 1.165) is 21.2 Å². The molecule has 0 N–H and O–H groups in total. The molecular weight excluding hydrogens is 365 g/mol. The number of carbonyl (C=O) groups excluding carboxylic acids is 2. The van der Waals surface area contributed by atoms with Gasteiger partial charge in [-0.2, -0.15) is 0 Å². The molecule has 0 atom stereocenters. The molecule has 0 aliphatic rings. The molecule has 2 aromatic carbocycles. The number of hydrogen-bond acceptors (Lipinski definition) is 2. The van der Waals surface area contributed by atoms with E-state index in [4.69, 9.17) is 0 Å². The van der Waals surface area contributed by atoms with E-state index in [1.54, 1.807) is 31.3 Å².